The highest BCUT2D eigenvalue weighted by Crippen LogP contribution is 2.32. The molecule has 2 aliphatic rings. The topological polar surface area (TPSA) is 81.0 Å². The van der Waals surface area contributed by atoms with E-state index in [2.05, 4.69) is 31.7 Å². The lowest BCUT2D eigenvalue weighted by Gasteiger charge is -2.37. The van der Waals surface area contributed by atoms with Gasteiger partial charge in [-0.15, -0.1) is 0 Å². The third-order valence-electron chi connectivity index (χ3n) is 7.74. The lowest BCUT2D eigenvalue weighted by Crippen LogP contribution is -2.49. The van der Waals surface area contributed by atoms with E-state index in [1.165, 1.54) is 12.1 Å². The number of fused-ring (bicyclic) bond motifs is 1. The Morgan fingerprint density at radius 1 is 0.923 bits per heavy atom. The van der Waals surface area contributed by atoms with Crippen molar-refractivity contribution in [2.75, 3.05) is 69.2 Å². The van der Waals surface area contributed by atoms with Gasteiger partial charge < -0.3 is 29.3 Å². The molecule has 0 saturated carbocycles. The predicted octanol–water partition coefficient (Wildman–Crippen LogP) is 3.04. The number of aromatic nitrogens is 3. The molecule has 1 N–H and O–H groups in total. The smallest absolute Gasteiger partial charge is 0.242 e. The maximum absolute atomic E-state index is 14.3. The number of likely N-dealkylation sites (N-methyl/N-ethyl adjacent to an activating group) is 1. The van der Waals surface area contributed by atoms with Crippen LogP contribution in [0.3, 0.4) is 0 Å². The van der Waals surface area contributed by atoms with Gasteiger partial charge in [0.25, 0.3) is 0 Å². The van der Waals surface area contributed by atoms with E-state index in [0.717, 1.165) is 53.8 Å². The number of rotatable bonds is 5. The zero-order valence-corrected chi connectivity index (χ0v) is 22.0. The molecule has 10 heteroatoms. The Balaban J connectivity index is 1.14. The molecule has 9 nitrogen and oxygen atoms in total. The van der Waals surface area contributed by atoms with Crippen LogP contribution in [0.1, 0.15) is 0 Å². The first-order valence-corrected chi connectivity index (χ1v) is 13.3. The molecule has 0 unspecified atom stereocenters. The summed E-state index contributed by atoms with van der Waals surface area (Å²) < 4.78 is 15.9. The van der Waals surface area contributed by atoms with Crippen LogP contribution in [0.25, 0.3) is 21.9 Å². The van der Waals surface area contributed by atoms with Crippen LogP contribution in [0.5, 0.6) is 5.88 Å². The summed E-state index contributed by atoms with van der Waals surface area (Å²) in [6.45, 7) is 6.09. The normalized spacial score (nSPS) is 16.7. The second-order valence-electron chi connectivity index (χ2n) is 10.3. The summed E-state index contributed by atoms with van der Waals surface area (Å²) in [5.74, 6) is 0.440. The standard InChI is InChI=1S/C29H32FN7O2/c1-33-8-10-36(11-9-33)29-31-17-22(18-32-29)25-16-23(30)6-7-26(25)34-12-14-35(15-13-34)27(38)20-37-19-21-4-2-3-5-24(21)28(37)39/h2-7,16-19,39H,8-15,20H2,1H3. The maximum atomic E-state index is 14.3. The fraction of sp³-hybridized carbons (Fsp3) is 0.345. The summed E-state index contributed by atoms with van der Waals surface area (Å²) in [5, 5.41) is 12.2. The van der Waals surface area contributed by atoms with Gasteiger partial charge in [0.1, 0.15) is 12.4 Å². The summed E-state index contributed by atoms with van der Waals surface area (Å²) in [5.41, 5.74) is 2.40. The van der Waals surface area contributed by atoms with Crippen molar-refractivity contribution in [3.8, 4) is 17.0 Å². The minimum atomic E-state index is -0.315. The maximum Gasteiger partial charge on any atom is 0.242 e. The van der Waals surface area contributed by atoms with E-state index in [1.54, 1.807) is 29.2 Å². The highest BCUT2D eigenvalue weighted by atomic mass is 19.1. The summed E-state index contributed by atoms with van der Waals surface area (Å²) in [4.78, 5) is 30.7. The molecule has 0 bridgehead atoms. The summed E-state index contributed by atoms with van der Waals surface area (Å²) in [7, 11) is 2.11. The minimum Gasteiger partial charge on any atom is -0.494 e. The van der Waals surface area contributed by atoms with Crippen molar-refractivity contribution in [3.63, 3.8) is 0 Å². The monoisotopic (exact) mass is 529 g/mol. The number of halogens is 1. The molecule has 6 rings (SSSR count). The van der Waals surface area contributed by atoms with Crippen LogP contribution in [0.4, 0.5) is 16.0 Å². The van der Waals surface area contributed by atoms with Crippen molar-refractivity contribution in [3.05, 3.63) is 66.9 Å². The van der Waals surface area contributed by atoms with Gasteiger partial charge in [0.2, 0.25) is 11.9 Å². The number of aromatic hydroxyl groups is 1. The number of hydrogen-bond donors (Lipinski definition) is 1. The molecule has 4 heterocycles. The van der Waals surface area contributed by atoms with Gasteiger partial charge in [-0.25, -0.2) is 14.4 Å². The van der Waals surface area contributed by atoms with Gasteiger partial charge in [0, 0.05) is 98.5 Å². The number of carbonyl (C=O) groups is 1. The lowest BCUT2D eigenvalue weighted by molar-refractivity contribution is -0.132. The van der Waals surface area contributed by atoms with Crippen LogP contribution in [-0.4, -0.2) is 94.8 Å². The molecular formula is C29H32FN7O2. The molecule has 4 aromatic rings. The summed E-state index contributed by atoms with van der Waals surface area (Å²) in [6.07, 6.45) is 5.35. The quantitative estimate of drug-likeness (QED) is 0.426. The molecule has 2 aromatic carbocycles. The van der Waals surface area contributed by atoms with Crippen LogP contribution in [0, 0.1) is 5.82 Å². The van der Waals surface area contributed by atoms with Crippen LogP contribution < -0.4 is 9.80 Å². The highest BCUT2D eigenvalue weighted by molar-refractivity contribution is 5.89. The Hall–Kier alpha value is -4.18. The molecular weight excluding hydrogens is 497 g/mol. The first-order chi connectivity index (χ1) is 19.0. The SMILES string of the molecule is CN1CCN(c2ncc(-c3cc(F)ccc3N3CCN(C(=O)Cn4cc5ccccc5c4O)CC3)cn2)CC1. The number of benzene rings is 2. The van der Waals surface area contributed by atoms with E-state index in [4.69, 9.17) is 0 Å². The molecule has 39 heavy (non-hydrogen) atoms. The van der Waals surface area contributed by atoms with Crippen molar-refractivity contribution < 1.29 is 14.3 Å². The molecule has 2 saturated heterocycles. The Kier molecular flexibility index (Phi) is 6.78. The van der Waals surface area contributed by atoms with Gasteiger partial charge in [0.15, 0.2) is 5.88 Å². The van der Waals surface area contributed by atoms with Gasteiger partial charge in [-0.3, -0.25) is 4.79 Å². The predicted molar refractivity (Wildman–Crippen MR) is 150 cm³/mol. The zero-order chi connectivity index (χ0) is 26.9. The van der Waals surface area contributed by atoms with E-state index in [9.17, 15) is 14.3 Å². The van der Waals surface area contributed by atoms with E-state index in [0.29, 0.717) is 32.1 Å². The number of amides is 1. The summed E-state index contributed by atoms with van der Waals surface area (Å²) >= 11 is 0. The van der Waals surface area contributed by atoms with E-state index in [-0.39, 0.29) is 24.1 Å². The third-order valence-corrected chi connectivity index (χ3v) is 7.74. The molecule has 0 spiro atoms. The Bertz CT molecular complexity index is 1470. The lowest BCUT2D eigenvalue weighted by atomic mass is 10.0. The van der Waals surface area contributed by atoms with Gasteiger partial charge >= 0.3 is 0 Å². The van der Waals surface area contributed by atoms with Gasteiger partial charge in [-0.1, -0.05) is 18.2 Å². The van der Waals surface area contributed by atoms with Crippen LogP contribution in [-0.2, 0) is 11.3 Å². The van der Waals surface area contributed by atoms with Gasteiger partial charge in [0.05, 0.1) is 0 Å². The zero-order valence-electron chi connectivity index (χ0n) is 22.0. The molecule has 2 fully saturated rings. The number of hydrogen-bond acceptors (Lipinski definition) is 7. The average Bonchev–Trinajstić information content (AvgIpc) is 3.28. The summed E-state index contributed by atoms with van der Waals surface area (Å²) in [6, 6.07) is 12.3. The molecule has 2 aromatic heterocycles. The van der Waals surface area contributed by atoms with Crippen molar-refractivity contribution in [1.82, 2.24) is 24.3 Å². The van der Waals surface area contributed by atoms with Crippen molar-refractivity contribution in [2.24, 2.45) is 0 Å². The minimum absolute atomic E-state index is 0.0440. The second-order valence-corrected chi connectivity index (χ2v) is 10.3. The average molecular weight is 530 g/mol. The second kappa shape index (κ2) is 10.5. The Morgan fingerprint density at radius 3 is 2.33 bits per heavy atom. The molecule has 0 aliphatic carbocycles. The fourth-order valence-electron chi connectivity index (χ4n) is 5.41. The van der Waals surface area contributed by atoms with Crippen molar-refractivity contribution in [2.45, 2.75) is 6.54 Å². The number of piperazine rings is 2. The molecule has 202 valence electrons. The molecule has 1 amide bonds. The van der Waals surface area contributed by atoms with Crippen molar-refractivity contribution in [1.29, 1.82) is 0 Å². The molecule has 2 aliphatic heterocycles. The first-order valence-electron chi connectivity index (χ1n) is 13.3. The number of anilines is 2. The van der Waals surface area contributed by atoms with Gasteiger partial charge in [-0.05, 0) is 31.3 Å². The van der Waals surface area contributed by atoms with E-state index in [1.807, 2.05) is 29.2 Å². The fourth-order valence-corrected chi connectivity index (χ4v) is 5.41. The van der Waals surface area contributed by atoms with Crippen LogP contribution >= 0.6 is 0 Å². The third kappa shape index (κ3) is 5.12. The number of nitrogens with zero attached hydrogens (tertiary/aromatic N) is 7. The largest absolute Gasteiger partial charge is 0.494 e. The highest BCUT2D eigenvalue weighted by Gasteiger charge is 2.25. The Labute approximate surface area is 226 Å². The van der Waals surface area contributed by atoms with Crippen molar-refractivity contribution >= 4 is 28.3 Å². The Morgan fingerprint density at radius 2 is 1.62 bits per heavy atom. The molecule has 0 radical (unpaired) electrons. The van der Waals surface area contributed by atoms with Gasteiger partial charge in [-0.2, -0.15) is 0 Å². The van der Waals surface area contributed by atoms with Crippen LogP contribution in [0.15, 0.2) is 61.1 Å². The van der Waals surface area contributed by atoms with E-state index >= 15 is 0 Å². The van der Waals surface area contributed by atoms with Crippen LogP contribution in [0.2, 0.25) is 0 Å². The van der Waals surface area contributed by atoms with E-state index < -0.39 is 0 Å². The first kappa shape index (κ1) is 25.1. The number of carbonyl (C=O) groups excluding carboxylic acids is 1. The molecule has 0 atom stereocenters.